The Morgan fingerprint density at radius 2 is 1.80 bits per heavy atom. The van der Waals surface area contributed by atoms with Crippen molar-refractivity contribution >= 4 is 16.0 Å². The number of nitrogens with two attached hydrogens (primary N) is 1. The van der Waals surface area contributed by atoms with Gasteiger partial charge in [-0.3, -0.25) is 0 Å². The number of sulfonamides is 1. The highest BCUT2D eigenvalue weighted by molar-refractivity contribution is 7.89. The molecule has 0 aliphatic carbocycles. The molecule has 0 amide bonds. The minimum atomic E-state index is -3.90. The van der Waals surface area contributed by atoms with Gasteiger partial charge in [0.15, 0.2) is 0 Å². The highest BCUT2D eigenvalue weighted by atomic mass is 32.2. The monoisotopic (exact) mass is 430 g/mol. The number of benzene rings is 2. The van der Waals surface area contributed by atoms with Crippen molar-refractivity contribution in [2.24, 2.45) is 0 Å². The molecule has 1 aliphatic rings. The molecular formula is C21H20F2N4O2S. The van der Waals surface area contributed by atoms with Crippen LogP contribution in [0.1, 0.15) is 31.0 Å². The van der Waals surface area contributed by atoms with Crippen LogP contribution in [0.2, 0.25) is 0 Å². The molecular weight excluding hydrogens is 410 g/mol. The van der Waals surface area contributed by atoms with Crippen LogP contribution in [0.5, 0.6) is 0 Å². The topological polar surface area (TPSA) is 89.2 Å². The Balaban J connectivity index is 1.82. The minimum absolute atomic E-state index is 0.00475. The number of hydrogen-bond donors (Lipinski definition) is 1. The van der Waals surface area contributed by atoms with E-state index in [0.717, 1.165) is 18.6 Å². The maximum Gasteiger partial charge on any atom is 0.243 e. The average Bonchev–Trinajstić information content (AvgIpc) is 2.74. The van der Waals surface area contributed by atoms with Gasteiger partial charge in [-0.1, -0.05) is 18.6 Å². The van der Waals surface area contributed by atoms with Crippen molar-refractivity contribution in [1.82, 2.24) is 14.3 Å². The van der Waals surface area contributed by atoms with E-state index in [-0.39, 0.29) is 17.4 Å². The molecule has 0 bridgehead atoms. The lowest BCUT2D eigenvalue weighted by Crippen LogP contribution is -2.39. The number of aromatic nitrogens is 2. The van der Waals surface area contributed by atoms with E-state index in [4.69, 9.17) is 5.73 Å². The lowest BCUT2D eigenvalue weighted by atomic mass is 9.95. The van der Waals surface area contributed by atoms with Crippen LogP contribution in [-0.4, -0.2) is 29.2 Å². The first-order valence-electron chi connectivity index (χ1n) is 9.52. The Labute approximate surface area is 173 Å². The standard InChI is InChI=1S/C21H20F2N4O2S/c22-15-7-9-17(10-8-15)30(28,29)27-11-2-1-6-19(27)20-18(13-25-21(24)26-20)14-4-3-5-16(23)12-14/h3-5,7-10,12-13,19H,1-2,6,11H2,(H2,24,25,26)/t19-/m1/s1. The van der Waals surface area contributed by atoms with Gasteiger partial charge >= 0.3 is 0 Å². The highest BCUT2D eigenvalue weighted by Gasteiger charge is 2.36. The van der Waals surface area contributed by atoms with E-state index in [0.29, 0.717) is 29.7 Å². The van der Waals surface area contributed by atoms with Gasteiger partial charge in [-0.25, -0.2) is 27.2 Å². The molecule has 3 aromatic rings. The summed E-state index contributed by atoms with van der Waals surface area (Å²) in [6, 6.07) is 10.1. The Morgan fingerprint density at radius 1 is 1.03 bits per heavy atom. The second-order valence-corrected chi connectivity index (χ2v) is 9.01. The Morgan fingerprint density at radius 3 is 2.53 bits per heavy atom. The smallest absolute Gasteiger partial charge is 0.243 e. The first-order valence-corrected chi connectivity index (χ1v) is 11.0. The summed E-state index contributed by atoms with van der Waals surface area (Å²) in [6.07, 6.45) is 3.50. The molecule has 0 saturated carbocycles. The van der Waals surface area contributed by atoms with Crippen molar-refractivity contribution in [3.8, 4) is 11.1 Å². The van der Waals surface area contributed by atoms with Gasteiger partial charge in [-0.05, 0) is 54.8 Å². The minimum Gasteiger partial charge on any atom is -0.368 e. The maximum atomic E-state index is 13.8. The molecule has 0 unspecified atom stereocenters. The highest BCUT2D eigenvalue weighted by Crippen LogP contribution is 2.39. The summed E-state index contributed by atoms with van der Waals surface area (Å²) in [5, 5.41) is 0. The van der Waals surface area contributed by atoms with Crippen LogP contribution in [0.25, 0.3) is 11.1 Å². The molecule has 156 valence electrons. The maximum absolute atomic E-state index is 13.8. The largest absolute Gasteiger partial charge is 0.368 e. The van der Waals surface area contributed by atoms with E-state index in [1.54, 1.807) is 12.1 Å². The number of nitrogens with zero attached hydrogens (tertiary/aromatic N) is 3. The Hall–Kier alpha value is -2.91. The summed E-state index contributed by atoms with van der Waals surface area (Å²) in [5.74, 6) is -0.925. The molecule has 6 nitrogen and oxygen atoms in total. The van der Waals surface area contributed by atoms with Gasteiger partial charge in [-0.15, -0.1) is 0 Å². The van der Waals surface area contributed by atoms with Crippen molar-refractivity contribution in [3.05, 3.63) is 72.1 Å². The first-order chi connectivity index (χ1) is 14.4. The van der Waals surface area contributed by atoms with Crippen molar-refractivity contribution in [2.45, 2.75) is 30.2 Å². The van der Waals surface area contributed by atoms with Gasteiger partial charge in [0, 0.05) is 18.3 Å². The summed E-state index contributed by atoms with van der Waals surface area (Å²) >= 11 is 0. The van der Waals surface area contributed by atoms with Crippen LogP contribution in [0, 0.1) is 11.6 Å². The molecule has 1 saturated heterocycles. The van der Waals surface area contributed by atoms with Gasteiger partial charge in [0.25, 0.3) is 0 Å². The van der Waals surface area contributed by atoms with Crippen LogP contribution in [0.4, 0.5) is 14.7 Å². The normalized spacial score (nSPS) is 17.7. The molecule has 2 N–H and O–H groups in total. The van der Waals surface area contributed by atoms with Crippen LogP contribution in [0.3, 0.4) is 0 Å². The SMILES string of the molecule is Nc1ncc(-c2cccc(F)c2)c([C@H]2CCCCN2S(=O)(=O)c2ccc(F)cc2)n1. The lowest BCUT2D eigenvalue weighted by Gasteiger charge is -2.35. The molecule has 1 aliphatic heterocycles. The summed E-state index contributed by atoms with van der Waals surface area (Å²) in [4.78, 5) is 8.39. The zero-order valence-electron chi connectivity index (χ0n) is 16.0. The second-order valence-electron chi connectivity index (χ2n) is 7.12. The van der Waals surface area contributed by atoms with Crippen molar-refractivity contribution < 1.29 is 17.2 Å². The predicted molar refractivity (Wildman–Crippen MR) is 109 cm³/mol. The third-order valence-electron chi connectivity index (χ3n) is 5.16. The van der Waals surface area contributed by atoms with Gasteiger partial charge in [0.05, 0.1) is 16.6 Å². The molecule has 2 aromatic carbocycles. The third-order valence-corrected chi connectivity index (χ3v) is 7.08. The Bertz CT molecular complexity index is 1170. The van der Waals surface area contributed by atoms with Gasteiger partial charge in [0.1, 0.15) is 11.6 Å². The van der Waals surface area contributed by atoms with Gasteiger partial charge in [-0.2, -0.15) is 4.31 Å². The molecule has 1 fully saturated rings. The fourth-order valence-electron chi connectivity index (χ4n) is 3.75. The van der Waals surface area contributed by atoms with Crippen molar-refractivity contribution in [1.29, 1.82) is 0 Å². The first kappa shape index (κ1) is 20.4. The predicted octanol–water partition coefficient (Wildman–Crippen LogP) is 3.92. The molecule has 4 rings (SSSR count). The number of rotatable bonds is 4. The third kappa shape index (κ3) is 3.90. The van der Waals surface area contributed by atoms with E-state index >= 15 is 0 Å². The lowest BCUT2D eigenvalue weighted by molar-refractivity contribution is 0.252. The van der Waals surface area contributed by atoms with E-state index < -0.39 is 27.7 Å². The Kier molecular flexibility index (Phi) is 5.48. The van der Waals surface area contributed by atoms with Crippen LogP contribution >= 0.6 is 0 Å². The average molecular weight is 430 g/mol. The van der Waals surface area contributed by atoms with Gasteiger partial charge < -0.3 is 5.73 Å². The van der Waals surface area contributed by atoms with E-state index in [1.807, 2.05) is 0 Å². The molecule has 0 spiro atoms. The van der Waals surface area contributed by atoms with Crippen LogP contribution in [-0.2, 0) is 10.0 Å². The molecule has 1 aromatic heterocycles. The summed E-state index contributed by atoms with van der Waals surface area (Å²) < 4.78 is 55.2. The molecule has 0 radical (unpaired) electrons. The molecule has 9 heteroatoms. The summed E-state index contributed by atoms with van der Waals surface area (Å²) in [5.41, 5.74) is 7.31. The molecule has 2 heterocycles. The summed E-state index contributed by atoms with van der Waals surface area (Å²) in [7, 11) is -3.90. The van der Waals surface area contributed by atoms with E-state index in [9.17, 15) is 17.2 Å². The number of hydrogen-bond acceptors (Lipinski definition) is 5. The van der Waals surface area contributed by atoms with Crippen LogP contribution in [0.15, 0.2) is 59.6 Å². The molecule has 1 atom stereocenters. The quantitative estimate of drug-likeness (QED) is 0.678. The fourth-order valence-corrected chi connectivity index (χ4v) is 5.41. The van der Waals surface area contributed by atoms with Gasteiger partial charge in [0.2, 0.25) is 16.0 Å². The van der Waals surface area contributed by atoms with E-state index in [1.165, 1.54) is 34.8 Å². The molecule has 30 heavy (non-hydrogen) atoms. The van der Waals surface area contributed by atoms with Crippen molar-refractivity contribution in [3.63, 3.8) is 0 Å². The van der Waals surface area contributed by atoms with Crippen LogP contribution < -0.4 is 5.73 Å². The zero-order valence-corrected chi connectivity index (χ0v) is 16.8. The number of anilines is 1. The summed E-state index contributed by atoms with van der Waals surface area (Å²) in [6.45, 7) is 0.289. The van der Waals surface area contributed by atoms with Crippen molar-refractivity contribution in [2.75, 3.05) is 12.3 Å². The second kappa shape index (κ2) is 8.08. The van der Waals surface area contributed by atoms with E-state index in [2.05, 4.69) is 9.97 Å². The number of halogens is 2. The fraction of sp³-hybridized carbons (Fsp3) is 0.238. The number of nitrogen functional groups attached to an aromatic ring is 1. The zero-order chi connectivity index (χ0) is 21.3. The number of piperidine rings is 1.